The van der Waals surface area contributed by atoms with Crippen LogP contribution in [0, 0.1) is 11.2 Å². The fraction of sp³-hybridized carbons (Fsp3) is 0.433. The third-order valence-corrected chi connectivity index (χ3v) is 8.37. The summed E-state index contributed by atoms with van der Waals surface area (Å²) in [5.74, 6) is -0.898. The standard InChI is InChI=1S/C30H34FN5O2/c1-17(18-5-7-19(8-6-18)28(37)32-22-9-10-35(4)16-22)36-15-21-11-20(12-24(31)26(21)29(36)38)27-23-13-30(2,3)14-25(23)33-34-27/h5-8,11-12,17,22H,9-10,13-16H2,1-4H3,(H,32,37)(H,33,34). The summed E-state index contributed by atoms with van der Waals surface area (Å²) in [5.41, 5.74) is 6.23. The summed E-state index contributed by atoms with van der Waals surface area (Å²) in [6.07, 6.45) is 2.76. The van der Waals surface area contributed by atoms with Crippen molar-refractivity contribution in [3.8, 4) is 11.3 Å². The molecular formula is C30H34FN5O2. The number of aromatic amines is 1. The molecule has 2 aliphatic heterocycles. The van der Waals surface area contributed by atoms with Crippen LogP contribution in [0.15, 0.2) is 36.4 Å². The van der Waals surface area contributed by atoms with E-state index in [2.05, 4.69) is 41.3 Å². The first-order valence-corrected chi connectivity index (χ1v) is 13.4. The highest BCUT2D eigenvalue weighted by Crippen LogP contribution is 2.41. The van der Waals surface area contributed by atoms with Crippen LogP contribution in [0.3, 0.4) is 0 Å². The van der Waals surface area contributed by atoms with Crippen molar-refractivity contribution in [2.24, 2.45) is 5.41 Å². The van der Waals surface area contributed by atoms with Crippen LogP contribution in [0.2, 0.25) is 0 Å². The number of H-pyrrole nitrogens is 1. The van der Waals surface area contributed by atoms with Crippen LogP contribution < -0.4 is 5.32 Å². The third-order valence-electron chi connectivity index (χ3n) is 8.37. The Morgan fingerprint density at radius 1 is 1.21 bits per heavy atom. The van der Waals surface area contributed by atoms with Crippen LogP contribution in [0.25, 0.3) is 11.3 Å². The number of amides is 2. The van der Waals surface area contributed by atoms with Gasteiger partial charge in [-0.15, -0.1) is 0 Å². The van der Waals surface area contributed by atoms with Crippen LogP contribution in [0.5, 0.6) is 0 Å². The molecule has 3 aromatic rings. The minimum Gasteiger partial charge on any atom is -0.348 e. The second kappa shape index (κ2) is 9.05. The van der Waals surface area contributed by atoms with Gasteiger partial charge in [-0.3, -0.25) is 14.7 Å². The smallest absolute Gasteiger partial charge is 0.257 e. The molecule has 3 aliphatic rings. The van der Waals surface area contributed by atoms with E-state index in [4.69, 9.17) is 0 Å². The predicted molar refractivity (Wildman–Crippen MR) is 143 cm³/mol. The van der Waals surface area contributed by atoms with Crippen molar-refractivity contribution in [2.75, 3.05) is 20.1 Å². The predicted octanol–water partition coefficient (Wildman–Crippen LogP) is 4.49. The fourth-order valence-electron chi connectivity index (χ4n) is 6.29. The molecule has 7 nitrogen and oxygen atoms in total. The lowest BCUT2D eigenvalue weighted by atomic mass is 9.89. The first-order chi connectivity index (χ1) is 18.1. The van der Waals surface area contributed by atoms with Crippen LogP contribution in [0.1, 0.15) is 76.3 Å². The van der Waals surface area contributed by atoms with Gasteiger partial charge in [-0.1, -0.05) is 26.0 Å². The number of benzene rings is 2. The van der Waals surface area contributed by atoms with Gasteiger partial charge in [0.2, 0.25) is 0 Å². The number of likely N-dealkylation sites (tertiary alicyclic amines) is 1. The van der Waals surface area contributed by atoms with Crippen molar-refractivity contribution in [3.05, 3.63) is 75.7 Å². The van der Waals surface area contributed by atoms with E-state index in [1.807, 2.05) is 25.1 Å². The van der Waals surface area contributed by atoms with Gasteiger partial charge in [0.05, 0.1) is 17.3 Å². The second-order valence-electron chi connectivity index (χ2n) is 12.0. The molecule has 1 aromatic heterocycles. The van der Waals surface area contributed by atoms with E-state index < -0.39 is 5.82 Å². The molecule has 1 aliphatic carbocycles. The average Bonchev–Trinajstić information content (AvgIpc) is 3.61. The molecule has 2 unspecified atom stereocenters. The van der Waals surface area contributed by atoms with Crippen molar-refractivity contribution in [1.82, 2.24) is 25.3 Å². The lowest BCUT2D eigenvalue weighted by molar-refractivity contribution is 0.0712. The van der Waals surface area contributed by atoms with Crippen LogP contribution in [0.4, 0.5) is 4.39 Å². The van der Waals surface area contributed by atoms with Gasteiger partial charge in [-0.25, -0.2) is 4.39 Å². The number of halogens is 1. The second-order valence-corrected chi connectivity index (χ2v) is 12.0. The number of aromatic nitrogens is 2. The molecule has 1 saturated heterocycles. The molecule has 0 saturated carbocycles. The molecule has 3 heterocycles. The highest BCUT2D eigenvalue weighted by atomic mass is 19.1. The fourth-order valence-corrected chi connectivity index (χ4v) is 6.29. The van der Waals surface area contributed by atoms with E-state index >= 15 is 4.39 Å². The maximum Gasteiger partial charge on any atom is 0.257 e. The topological polar surface area (TPSA) is 81.3 Å². The highest BCUT2D eigenvalue weighted by molar-refractivity contribution is 5.99. The van der Waals surface area contributed by atoms with E-state index in [1.54, 1.807) is 17.0 Å². The molecule has 0 bridgehead atoms. The third kappa shape index (κ3) is 4.30. The number of hydrogen-bond acceptors (Lipinski definition) is 4. The number of nitrogens with zero attached hydrogens (tertiary/aromatic N) is 3. The molecule has 2 aromatic carbocycles. The first-order valence-electron chi connectivity index (χ1n) is 13.4. The minimum absolute atomic E-state index is 0.0861. The zero-order valence-corrected chi connectivity index (χ0v) is 22.4. The van der Waals surface area contributed by atoms with Crippen LogP contribution in [-0.2, 0) is 19.4 Å². The summed E-state index contributed by atoms with van der Waals surface area (Å²) in [5, 5.41) is 10.7. The molecular weight excluding hydrogens is 481 g/mol. The summed E-state index contributed by atoms with van der Waals surface area (Å²) >= 11 is 0. The minimum atomic E-state index is -0.504. The SMILES string of the molecule is CC(c1ccc(C(=O)NC2CCN(C)C2)cc1)N1Cc2cc(-c3n[nH]c4c3CC(C)(C)C4)cc(F)c2C1=O. The van der Waals surface area contributed by atoms with Gasteiger partial charge in [-0.2, -0.15) is 5.10 Å². The van der Waals surface area contributed by atoms with Crippen molar-refractivity contribution < 1.29 is 14.0 Å². The van der Waals surface area contributed by atoms with E-state index in [0.717, 1.165) is 54.9 Å². The van der Waals surface area contributed by atoms with Gasteiger partial charge in [0.1, 0.15) is 5.82 Å². The van der Waals surface area contributed by atoms with Gasteiger partial charge >= 0.3 is 0 Å². The van der Waals surface area contributed by atoms with Gasteiger partial charge in [0.15, 0.2) is 0 Å². The summed E-state index contributed by atoms with van der Waals surface area (Å²) in [7, 11) is 2.05. The first kappa shape index (κ1) is 24.8. The number of carbonyl (C=O) groups excluding carboxylic acids is 2. The van der Waals surface area contributed by atoms with Crippen molar-refractivity contribution in [3.63, 3.8) is 0 Å². The highest BCUT2D eigenvalue weighted by Gasteiger charge is 2.37. The number of likely N-dealkylation sites (N-methyl/N-ethyl adjacent to an activating group) is 1. The summed E-state index contributed by atoms with van der Waals surface area (Å²) in [6.45, 7) is 8.55. The summed E-state index contributed by atoms with van der Waals surface area (Å²) in [4.78, 5) is 29.9. The molecule has 6 rings (SSSR count). The number of nitrogens with one attached hydrogen (secondary N) is 2. The maximum atomic E-state index is 15.3. The zero-order valence-electron chi connectivity index (χ0n) is 22.4. The molecule has 198 valence electrons. The Kier molecular flexibility index (Phi) is 5.90. The number of carbonyl (C=O) groups is 2. The molecule has 2 N–H and O–H groups in total. The Bertz CT molecular complexity index is 1430. The van der Waals surface area contributed by atoms with E-state index in [-0.39, 0.29) is 34.9 Å². The average molecular weight is 516 g/mol. The van der Waals surface area contributed by atoms with E-state index in [1.165, 1.54) is 6.07 Å². The molecule has 0 radical (unpaired) electrons. The van der Waals surface area contributed by atoms with Crippen LogP contribution >= 0.6 is 0 Å². The summed E-state index contributed by atoms with van der Waals surface area (Å²) in [6, 6.07) is 10.6. The normalized spacial score (nSPS) is 21.0. The van der Waals surface area contributed by atoms with Crippen molar-refractivity contribution >= 4 is 11.8 Å². The molecule has 2 atom stereocenters. The Morgan fingerprint density at radius 3 is 2.68 bits per heavy atom. The molecule has 8 heteroatoms. The Balaban J connectivity index is 1.19. The number of rotatable bonds is 5. The van der Waals surface area contributed by atoms with Gasteiger partial charge in [0.25, 0.3) is 11.8 Å². The lowest BCUT2D eigenvalue weighted by Gasteiger charge is -2.25. The Hall–Kier alpha value is -3.52. The molecule has 0 spiro atoms. The molecule has 1 fully saturated rings. The van der Waals surface area contributed by atoms with Crippen molar-refractivity contribution in [2.45, 2.75) is 58.7 Å². The number of fused-ring (bicyclic) bond motifs is 2. The quantitative estimate of drug-likeness (QED) is 0.525. The Morgan fingerprint density at radius 2 is 1.97 bits per heavy atom. The van der Waals surface area contributed by atoms with Gasteiger partial charge in [0, 0.05) is 41.5 Å². The molecule has 38 heavy (non-hydrogen) atoms. The van der Waals surface area contributed by atoms with Gasteiger partial charge in [-0.05, 0) is 80.6 Å². The Labute approximate surface area is 222 Å². The maximum absolute atomic E-state index is 15.3. The zero-order chi connectivity index (χ0) is 26.8. The van der Waals surface area contributed by atoms with Gasteiger partial charge < -0.3 is 15.1 Å². The van der Waals surface area contributed by atoms with Crippen molar-refractivity contribution in [1.29, 1.82) is 0 Å². The monoisotopic (exact) mass is 515 g/mol. The summed E-state index contributed by atoms with van der Waals surface area (Å²) < 4.78 is 15.3. The van der Waals surface area contributed by atoms with E-state index in [9.17, 15) is 9.59 Å². The number of hydrogen-bond donors (Lipinski definition) is 2. The largest absolute Gasteiger partial charge is 0.348 e. The van der Waals surface area contributed by atoms with Crippen LogP contribution in [-0.4, -0.2) is 58.0 Å². The molecule has 2 amide bonds. The van der Waals surface area contributed by atoms with E-state index in [0.29, 0.717) is 23.2 Å². The lowest BCUT2D eigenvalue weighted by Crippen LogP contribution is -2.36.